The Morgan fingerprint density at radius 2 is 1.58 bits per heavy atom. The highest BCUT2D eigenvalue weighted by Gasteiger charge is 2.26. The number of carbonyl (C=O) groups excluding carboxylic acids is 2. The van der Waals surface area contributed by atoms with Crippen LogP contribution in [0.25, 0.3) is 0 Å². The first kappa shape index (κ1) is 21.3. The second-order valence-electron chi connectivity index (χ2n) is 8.23. The van der Waals surface area contributed by atoms with Gasteiger partial charge in [0.1, 0.15) is 5.75 Å². The molecular formula is C24H26F2N2O3. The lowest BCUT2D eigenvalue weighted by atomic mass is 9.98. The first-order chi connectivity index (χ1) is 15.0. The third-order valence-electron chi connectivity index (χ3n) is 5.93. The summed E-state index contributed by atoms with van der Waals surface area (Å²) in [5, 5.41) is 0. The Kier molecular flexibility index (Phi) is 6.49. The number of rotatable bonds is 5. The van der Waals surface area contributed by atoms with E-state index in [9.17, 15) is 18.4 Å². The van der Waals surface area contributed by atoms with Crippen LogP contribution in [0.1, 0.15) is 46.4 Å². The molecule has 0 radical (unpaired) electrons. The van der Waals surface area contributed by atoms with E-state index in [2.05, 4.69) is 0 Å². The van der Waals surface area contributed by atoms with Crippen molar-refractivity contribution in [2.75, 3.05) is 32.8 Å². The highest BCUT2D eigenvalue weighted by atomic mass is 19.2. The average Bonchev–Trinajstić information content (AvgIpc) is 3.34. The number of nitrogens with zero attached hydrogens (tertiary/aromatic N) is 2. The summed E-state index contributed by atoms with van der Waals surface area (Å²) in [7, 11) is 0. The van der Waals surface area contributed by atoms with Crippen LogP contribution < -0.4 is 4.74 Å². The topological polar surface area (TPSA) is 49.9 Å². The Labute approximate surface area is 180 Å². The predicted octanol–water partition coefficient (Wildman–Crippen LogP) is 4.13. The monoisotopic (exact) mass is 428 g/mol. The van der Waals surface area contributed by atoms with Gasteiger partial charge in [-0.3, -0.25) is 9.59 Å². The van der Waals surface area contributed by atoms with E-state index in [4.69, 9.17) is 4.74 Å². The molecule has 5 nitrogen and oxygen atoms in total. The van der Waals surface area contributed by atoms with Gasteiger partial charge in [-0.15, -0.1) is 0 Å². The number of ether oxygens (including phenoxy) is 1. The number of amides is 2. The second kappa shape index (κ2) is 9.45. The van der Waals surface area contributed by atoms with Crippen molar-refractivity contribution in [3.8, 4) is 5.75 Å². The molecule has 0 unspecified atom stereocenters. The molecule has 0 bridgehead atoms. The van der Waals surface area contributed by atoms with Gasteiger partial charge in [0.2, 0.25) is 0 Å². The molecule has 0 aliphatic carbocycles. The highest BCUT2D eigenvalue weighted by molar-refractivity contribution is 5.95. The summed E-state index contributed by atoms with van der Waals surface area (Å²) >= 11 is 0. The van der Waals surface area contributed by atoms with E-state index in [1.807, 2.05) is 17.0 Å². The summed E-state index contributed by atoms with van der Waals surface area (Å²) < 4.78 is 32.6. The Morgan fingerprint density at radius 1 is 0.871 bits per heavy atom. The molecule has 2 saturated heterocycles. The number of likely N-dealkylation sites (tertiary alicyclic amines) is 2. The molecule has 0 aromatic heterocycles. The fraction of sp³-hybridized carbons (Fsp3) is 0.417. The van der Waals surface area contributed by atoms with Crippen LogP contribution in [-0.2, 0) is 0 Å². The first-order valence-corrected chi connectivity index (χ1v) is 10.8. The molecule has 2 heterocycles. The third-order valence-corrected chi connectivity index (χ3v) is 5.93. The Hall–Kier alpha value is -2.96. The number of benzene rings is 2. The van der Waals surface area contributed by atoms with Gasteiger partial charge in [0.25, 0.3) is 11.8 Å². The van der Waals surface area contributed by atoms with E-state index in [1.165, 1.54) is 6.07 Å². The number of piperidine rings is 1. The van der Waals surface area contributed by atoms with Gasteiger partial charge in [0.05, 0.1) is 6.61 Å². The number of hydrogen-bond acceptors (Lipinski definition) is 3. The third kappa shape index (κ3) is 5.03. The summed E-state index contributed by atoms with van der Waals surface area (Å²) in [5.41, 5.74) is 0.770. The summed E-state index contributed by atoms with van der Waals surface area (Å²) in [5.74, 6) is -1.50. The minimum absolute atomic E-state index is 0.0314. The molecule has 2 aromatic carbocycles. The molecule has 2 aromatic rings. The van der Waals surface area contributed by atoms with Crippen LogP contribution in [0.4, 0.5) is 8.78 Å². The van der Waals surface area contributed by atoms with Gasteiger partial charge in [-0.25, -0.2) is 8.78 Å². The van der Waals surface area contributed by atoms with Crippen LogP contribution >= 0.6 is 0 Å². The minimum Gasteiger partial charge on any atom is -0.493 e. The fourth-order valence-electron chi connectivity index (χ4n) is 4.23. The van der Waals surface area contributed by atoms with Gasteiger partial charge in [0.15, 0.2) is 11.6 Å². The molecule has 0 saturated carbocycles. The summed E-state index contributed by atoms with van der Waals surface area (Å²) in [4.78, 5) is 28.8. The van der Waals surface area contributed by atoms with Crippen molar-refractivity contribution in [2.24, 2.45) is 5.92 Å². The summed E-state index contributed by atoms with van der Waals surface area (Å²) in [6.07, 6.45) is 3.82. The molecule has 164 valence electrons. The Bertz CT molecular complexity index is 960. The normalized spacial score (nSPS) is 18.8. The maximum atomic E-state index is 13.5. The molecule has 2 aliphatic rings. The molecule has 7 heteroatoms. The van der Waals surface area contributed by atoms with E-state index in [0.29, 0.717) is 31.0 Å². The van der Waals surface area contributed by atoms with Gasteiger partial charge in [0, 0.05) is 43.2 Å². The molecule has 31 heavy (non-hydrogen) atoms. The second-order valence-corrected chi connectivity index (χ2v) is 8.23. The Morgan fingerprint density at radius 3 is 2.35 bits per heavy atom. The molecular weight excluding hydrogens is 402 g/mol. The maximum absolute atomic E-state index is 13.5. The van der Waals surface area contributed by atoms with Crippen molar-refractivity contribution >= 4 is 11.8 Å². The van der Waals surface area contributed by atoms with Crippen molar-refractivity contribution in [1.29, 1.82) is 0 Å². The molecule has 0 N–H and O–H groups in total. The molecule has 2 aliphatic heterocycles. The average molecular weight is 428 g/mol. The van der Waals surface area contributed by atoms with Gasteiger partial charge >= 0.3 is 0 Å². The molecule has 1 atom stereocenters. The van der Waals surface area contributed by atoms with Gasteiger partial charge < -0.3 is 14.5 Å². The largest absolute Gasteiger partial charge is 0.493 e. The molecule has 4 rings (SSSR count). The standard InChI is InChI=1S/C24H26F2N2O3/c25-21-9-8-19(14-22(21)26)24(30)28-12-4-5-17(15-28)16-31-20-7-3-6-18(13-20)23(29)27-10-1-2-11-27/h3,6-9,13-14,17H,1-2,4-5,10-12,15-16H2/t17-/m1/s1. The Balaban J connectivity index is 1.34. The quantitative estimate of drug-likeness (QED) is 0.720. The van der Waals surface area contributed by atoms with Crippen molar-refractivity contribution < 1.29 is 23.1 Å². The lowest BCUT2D eigenvalue weighted by molar-refractivity contribution is 0.0632. The van der Waals surface area contributed by atoms with Crippen molar-refractivity contribution in [2.45, 2.75) is 25.7 Å². The smallest absolute Gasteiger partial charge is 0.253 e. The van der Waals surface area contributed by atoms with Crippen LogP contribution in [0, 0.1) is 17.6 Å². The summed E-state index contributed by atoms with van der Waals surface area (Å²) in [6, 6.07) is 10.4. The lowest BCUT2D eigenvalue weighted by Crippen LogP contribution is -2.41. The van der Waals surface area contributed by atoms with Crippen molar-refractivity contribution in [3.05, 3.63) is 65.2 Å². The predicted molar refractivity (Wildman–Crippen MR) is 112 cm³/mol. The van der Waals surface area contributed by atoms with Crippen LogP contribution in [0.5, 0.6) is 5.75 Å². The molecule has 2 amide bonds. The molecule has 0 spiro atoms. The van der Waals surface area contributed by atoms with Crippen LogP contribution in [0.3, 0.4) is 0 Å². The van der Waals surface area contributed by atoms with Gasteiger partial charge in [-0.1, -0.05) is 6.07 Å². The van der Waals surface area contributed by atoms with Crippen LogP contribution in [-0.4, -0.2) is 54.4 Å². The minimum atomic E-state index is -1.02. The summed E-state index contributed by atoms with van der Waals surface area (Å²) in [6.45, 7) is 3.09. The van der Waals surface area contributed by atoms with E-state index < -0.39 is 11.6 Å². The van der Waals surface area contributed by atoms with E-state index in [1.54, 1.807) is 17.0 Å². The number of carbonyl (C=O) groups is 2. The van der Waals surface area contributed by atoms with E-state index in [-0.39, 0.29) is 23.3 Å². The first-order valence-electron chi connectivity index (χ1n) is 10.8. The maximum Gasteiger partial charge on any atom is 0.253 e. The highest BCUT2D eigenvalue weighted by Crippen LogP contribution is 2.22. The molecule has 2 fully saturated rings. The van der Waals surface area contributed by atoms with Crippen LogP contribution in [0.15, 0.2) is 42.5 Å². The number of hydrogen-bond donors (Lipinski definition) is 0. The van der Waals surface area contributed by atoms with E-state index in [0.717, 1.165) is 50.9 Å². The lowest BCUT2D eigenvalue weighted by Gasteiger charge is -2.32. The van der Waals surface area contributed by atoms with Crippen LogP contribution in [0.2, 0.25) is 0 Å². The van der Waals surface area contributed by atoms with Crippen molar-refractivity contribution in [3.63, 3.8) is 0 Å². The van der Waals surface area contributed by atoms with E-state index >= 15 is 0 Å². The zero-order valence-corrected chi connectivity index (χ0v) is 17.4. The zero-order chi connectivity index (χ0) is 21.8. The zero-order valence-electron chi connectivity index (χ0n) is 17.4. The fourth-order valence-corrected chi connectivity index (χ4v) is 4.23. The van der Waals surface area contributed by atoms with Crippen molar-refractivity contribution in [1.82, 2.24) is 9.80 Å². The number of halogens is 2. The SMILES string of the molecule is O=C(c1cccc(OC[C@@H]2CCCN(C(=O)c3ccc(F)c(F)c3)C2)c1)N1CCCC1. The van der Waals surface area contributed by atoms with Gasteiger partial charge in [-0.2, -0.15) is 0 Å². The van der Waals surface area contributed by atoms with Gasteiger partial charge in [-0.05, 0) is 62.1 Å².